The number of aliphatic hydroxyl groups excluding tert-OH is 1. The molecule has 1 heterocycles. The van der Waals surface area contributed by atoms with E-state index in [9.17, 15) is 15.2 Å². The Balaban J connectivity index is 2.09. The van der Waals surface area contributed by atoms with Crippen molar-refractivity contribution >= 4 is 5.91 Å². The molecule has 2 aliphatic rings. The summed E-state index contributed by atoms with van der Waals surface area (Å²) in [5.41, 5.74) is -0.789. The van der Waals surface area contributed by atoms with Gasteiger partial charge in [-0.2, -0.15) is 5.26 Å². The maximum atomic E-state index is 12.3. The number of β-amino-alcohol motifs (C(OH)–C–C–N with tert-alkyl or cyclic N) is 1. The highest BCUT2D eigenvalue weighted by Gasteiger charge is 2.43. The molecule has 0 aromatic carbocycles. The summed E-state index contributed by atoms with van der Waals surface area (Å²) in [5.74, 6) is -0.0498. The third-order valence-corrected chi connectivity index (χ3v) is 3.78. The van der Waals surface area contributed by atoms with Gasteiger partial charge in [-0.1, -0.05) is 19.3 Å². The second-order valence-electron chi connectivity index (χ2n) is 4.95. The fourth-order valence-electron chi connectivity index (χ4n) is 2.76. The molecule has 0 aromatic heterocycles. The third-order valence-electron chi connectivity index (χ3n) is 3.78. The first kappa shape index (κ1) is 11.4. The van der Waals surface area contributed by atoms with Crippen molar-refractivity contribution in [2.45, 2.75) is 44.6 Å². The normalized spacial score (nSPS) is 28.8. The molecule has 2 rings (SSSR count). The third kappa shape index (κ3) is 1.92. The Morgan fingerprint density at radius 3 is 2.56 bits per heavy atom. The van der Waals surface area contributed by atoms with E-state index in [-0.39, 0.29) is 5.91 Å². The Kier molecular flexibility index (Phi) is 3.15. The van der Waals surface area contributed by atoms with Crippen molar-refractivity contribution in [1.82, 2.24) is 4.90 Å². The van der Waals surface area contributed by atoms with Crippen molar-refractivity contribution < 1.29 is 9.90 Å². The number of carbonyl (C=O) groups excluding carboxylic acids is 1. The molecule has 0 bridgehead atoms. The van der Waals surface area contributed by atoms with Gasteiger partial charge in [0.1, 0.15) is 5.41 Å². The minimum atomic E-state index is -0.789. The maximum absolute atomic E-state index is 12.3. The van der Waals surface area contributed by atoms with Crippen LogP contribution in [0.3, 0.4) is 0 Å². The van der Waals surface area contributed by atoms with Gasteiger partial charge in [-0.15, -0.1) is 0 Å². The zero-order chi connectivity index (χ0) is 11.6. The number of amides is 1. The molecule has 0 radical (unpaired) electrons. The first-order valence-corrected chi connectivity index (χ1v) is 6.07. The number of rotatable bonds is 1. The lowest BCUT2D eigenvalue weighted by Gasteiger charge is -2.32. The summed E-state index contributed by atoms with van der Waals surface area (Å²) in [5, 5.41) is 18.7. The van der Waals surface area contributed by atoms with Crippen LogP contribution in [0.15, 0.2) is 0 Å². The molecule has 1 aliphatic carbocycles. The summed E-state index contributed by atoms with van der Waals surface area (Å²) in [4.78, 5) is 14.0. The van der Waals surface area contributed by atoms with Crippen LogP contribution in [0.25, 0.3) is 0 Å². The van der Waals surface area contributed by atoms with Crippen molar-refractivity contribution in [2.24, 2.45) is 5.41 Å². The van der Waals surface area contributed by atoms with Gasteiger partial charge in [-0.3, -0.25) is 4.79 Å². The van der Waals surface area contributed by atoms with E-state index in [0.29, 0.717) is 32.4 Å². The minimum Gasteiger partial charge on any atom is -0.391 e. The molecule has 0 spiro atoms. The predicted molar refractivity (Wildman–Crippen MR) is 58.3 cm³/mol. The highest BCUT2D eigenvalue weighted by Crippen LogP contribution is 2.38. The average molecular weight is 222 g/mol. The first-order valence-electron chi connectivity index (χ1n) is 6.07. The zero-order valence-corrected chi connectivity index (χ0v) is 9.48. The summed E-state index contributed by atoms with van der Waals surface area (Å²) in [6.07, 6.45) is 4.69. The highest BCUT2D eigenvalue weighted by molar-refractivity contribution is 5.85. The van der Waals surface area contributed by atoms with Gasteiger partial charge >= 0.3 is 0 Å². The summed E-state index contributed by atoms with van der Waals surface area (Å²) in [7, 11) is 0. The molecular formula is C12H18N2O2. The summed E-state index contributed by atoms with van der Waals surface area (Å²) < 4.78 is 0. The van der Waals surface area contributed by atoms with Gasteiger partial charge in [0.15, 0.2) is 0 Å². The van der Waals surface area contributed by atoms with Crippen LogP contribution in [0.1, 0.15) is 38.5 Å². The van der Waals surface area contributed by atoms with Gasteiger partial charge in [0.25, 0.3) is 0 Å². The summed E-state index contributed by atoms with van der Waals surface area (Å²) in [6.45, 7) is 1.01. The van der Waals surface area contributed by atoms with Gasteiger partial charge in [0, 0.05) is 13.1 Å². The second kappa shape index (κ2) is 4.42. The largest absolute Gasteiger partial charge is 0.391 e. The number of aliphatic hydroxyl groups is 1. The van der Waals surface area contributed by atoms with Crippen molar-refractivity contribution in [2.75, 3.05) is 13.1 Å². The molecule has 4 nitrogen and oxygen atoms in total. The van der Waals surface area contributed by atoms with Crippen molar-refractivity contribution in [3.8, 4) is 6.07 Å². The van der Waals surface area contributed by atoms with Crippen LogP contribution in [0.2, 0.25) is 0 Å². The van der Waals surface area contributed by atoms with E-state index in [1.165, 1.54) is 0 Å². The number of nitriles is 1. The predicted octanol–water partition coefficient (Wildman–Crippen LogP) is 1.05. The molecular weight excluding hydrogens is 204 g/mol. The SMILES string of the molecule is N#CC1(C(=O)N2CC[C@H](O)C2)CCCCC1. The van der Waals surface area contributed by atoms with Crippen LogP contribution in [0, 0.1) is 16.7 Å². The Hall–Kier alpha value is -1.08. The molecule has 2 fully saturated rings. The van der Waals surface area contributed by atoms with E-state index < -0.39 is 11.5 Å². The van der Waals surface area contributed by atoms with Crippen molar-refractivity contribution in [3.63, 3.8) is 0 Å². The van der Waals surface area contributed by atoms with Crippen LogP contribution in [0.4, 0.5) is 0 Å². The number of hydrogen-bond donors (Lipinski definition) is 1. The van der Waals surface area contributed by atoms with Gasteiger partial charge in [-0.05, 0) is 19.3 Å². The molecule has 0 unspecified atom stereocenters. The lowest BCUT2D eigenvalue weighted by atomic mass is 9.74. The molecule has 16 heavy (non-hydrogen) atoms. The van der Waals surface area contributed by atoms with E-state index in [0.717, 1.165) is 19.3 Å². The topological polar surface area (TPSA) is 64.3 Å². The van der Waals surface area contributed by atoms with Crippen molar-refractivity contribution in [3.05, 3.63) is 0 Å². The monoisotopic (exact) mass is 222 g/mol. The van der Waals surface area contributed by atoms with Crippen LogP contribution in [-0.4, -0.2) is 35.1 Å². The fourth-order valence-corrected chi connectivity index (χ4v) is 2.76. The average Bonchev–Trinajstić information content (AvgIpc) is 2.76. The van der Waals surface area contributed by atoms with Gasteiger partial charge in [0.05, 0.1) is 12.2 Å². The quantitative estimate of drug-likeness (QED) is 0.721. The molecule has 88 valence electrons. The molecule has 1 atom stereocenters. The van der Waals surface area contributed by atoms with E-state index in [1.807, 2.05) is 0 Å². The van der Waals surface area contributed by atoms with Gasteiger partial charge < -0.3 is 10.0 Å². The molecule has 1 aliphatic heterocycles. The van der Waals surface area contributed by atoms with E-state index in [4.69, 9.17) is 0 Å². The number of nitrogens with zero attached hydrogens (tertiary/aromatic N) is 2. The second-order valence-corrected chi connectivity index (χ2v) is 4.95. The van der Waals surface area contributed by atoms with E-state index in [1.54, 1.807) is 4.90 Å². The summed E-state index contributed by atoms with van der Waals surface area (Å²) >= 11 is 0. The lowest BCUT2D eigenvalue weighted by Crippen LogP contribution is -2.43. The molecule has 1 saturated carbocycles. The Morgan fingerprint density at radius 1 is 1.38 bits per heavy atom. The molecule has 4 heteroatoms. The fraction of sp³-hybridized carbons (Fsp3) is 0.833. The Bertz CT molecular complexity index is 315. The van der Waals surface area contributed by atoms with Crippen LogP contribution >= 0.6 is 0 Å². The molecule has 1 saturated heterocycles. The zero-order valence-electron chi connectivity index (χ0n) is 9.48. The minimum absolute atomic E-state index is 0.0498. The van der Waals surface area contributed by atoms with Gasteiger partial charge in [0.2, 0.25) is 5.91 Å². The van der Waals surface area contributed by atoms with Crippen LogP contribution < -0.4 is 0 Å². The molecule has 0 aromatic rings. The smallest absolute Gasteiger partial charge is 0.243 e. The van der Waals surface area contributed by atoms with Gasteiger partial charge in [-0.25, -0.2) is 0 Å². The Labute approximate surface area is 95.9 Å². The van der Waals surface area contributed by atoms with Crippen molar-refractivity contribution in [1.29, 1.82) is 5.26 Å². The molecule has 1 N–H and O–H groups in total. The first-order chi connectivity index (χ1) is 7.68. The van der Waals surface area contributed by atoms with E-state index >= 15 is 0 Å². The standard InChI is InChI=1S/C12H18N2O2/c13-9-12(5-2-1-3-6-12)11(16)14-7-4-10(15)8-14/h10,15H,1-8H2/t10-/m0/s1. The Morgan fingerprint density at radius 2 is 2.06 bits per heavy atom. The van der Waals surface area contributed by atoms with E-state index in [2.05, 4.69) is 6.07 Å². The highest BCUT2D eigenvalue weighted by atomic mass is 16.3. The summed E-state index contributed by atoms with van der Waals surface area (Å²) in [6, 6.07) is 2.24. The van der Waals surface area contributed by atoms with Crippen LogP contribution in [0.5, 0.6) is 0 Å². The number of hydrogen-bond acceptors (Lipinski definition) is 3. The van der Waals surface area contributed by atoms with Crippen LogP contribution in [-0.2, 0) is 4.79 Å². The lowest BCUT2D eigenvalue weighted by molar-refractivity contribution is -0.139. The number of carbonyl (C=O) groups is 1. The molecule has 1 amide bonds. The number of likely N-dealkylation sites (tertiary alicyclic amines) is 1. The maximum Gasteiger partial charge on any atom is 0.243 e.